The van der Waals surface area contributed by atoms with Crippen molar-refractivity contribution in [2.24, 2.45) is 5.92 Å². The lowest BCUT2D eigenvalue weighted by atomic mass is 9.85. The van der Waals surface area contributed by atoms with Crippen molar-refractivity contribution in [2.75, 3.05) is 6.61 Å². The Morgan fingerprint density at radius 1 is 0.914 bits per heavy atom. The largest absolute Gasteiger partial charge is 0.481 e. The minimum Gasteiger partial charge on any atom is -0.481 e. The van der Waals surface area contributed by atoms with E-state index in [1.54, 1.807) is 0 Å². The third-order valence-corrected chi connectivity index (χ3v) is 7.94. The van der Waals surface area contributed by atoms with Gasteiger partial charge in [-0.2, -0.15) is 0 Å². The van der Waals surface area contributed by atoms with Crippen LogP contribution in [0.5, 0.6) is 0 Å². The maximum absolute atomic E-state index is 13.3. The fourth-order valence-electron chi connectivity index (χ4n) is 6.09. The van der Waals surface area contributed by atoms with E-state index in [9.17, 15) is 19.5 Å². The van der Waals surface area contributed by atoms with Gasteiger partial charge < -0.3 is 20.5 Å². The average Bonchev–Trinajstić information content (AvgIpc) is 3.46. The van der Waals surface area contributed by atoms with Crippen molar-refractivity contribution >= 4 is 18.0 Å². The summed E-state index contributed by atoms with van der Waals surface area (Å²) in [6, 6.07) is 16.2. The van der Waals surface area contributed by atoms with Gasteiger partial charge in [0.1, 0.15) is 12.1 Å². The summed E-state index contributed by atoms with van der Waals surface area (Å²) in [7, 11) is 0. The number of carboxylic acids is 1. The third kappa shape index (κ3) is 4.64. The number of ether oxygens (including phenoxy) is 1. The Morgan fingerprint density at radius 2 is 1.54 bits per heavy atom. The number of carbonyl (C=O) groups is 3. The van der Waals surface area contributed by atoms with Gasteiger partial charge in [-0.15, -0.1) is 0 Å². The zero-order valence-corrected chi connectivity index (χ0v) is 19.8. The van der Waals surface area contributed by atoms with E-state index in [0.29, 0.717) is 25.7 Å². The molecule has 2 saturated carbocycles. The molecular weight excluding hydrogens is 444 g/mol. The molecule has 2 aromatic carbocycles. The van der Waals surface area contributed by atoms with Crippen molar-refractivity contribution < 1.29 is 24.2 Å². The number of nitrogens with one attached hydrogen (secondary N) is 2. The molecular formula is C28H32N2O5. The maximum Gasteiger partial charge on any atom is 0.408 e. The van der Waals surface area contributed by atoms with E-state index in [0.717, 1.165) is 47.9 Å². The molecule has 0 spiro atoms. The van der Waals surface area contributed by atoms with Gasteiger partial charge in [0, 0.05) is 12.0 Å². The van der Waals surface area contributed by atoms with Crippen LogP contribution in [0.3, 0.4) is 0 Å². The van der Waals surface area contributed by atoms with E-state index in [2.05, 4.69) is 34.9 Å². The van der Waals surface area contributed by atoms with Crippen LogP contribution in [-0.2, 0) is 14.3 Å². The number of fused-ring (bicyclic) bond motifs is 3. The first-order chi connectivity index (χ1) is 17.0. The molecule has 2 atom stereocenters. The molecule has 184 valence electrons. The van der Waals surface area contributed by atoms with Gasteiger partial charge in [-0.25, -0.2) is 4.79 Å². The standard InChI is InChI=1S/C28H32N2O5/c31-25(32)18-8-7-9-19(16-18)29-26(33)28(14-5-6-15-28)30-27(34)35-17-24-22-12-3-1-10-20(22)21-11-2-4-13-23(21)24/h1-4,10-13,18-19,24H,5-9,14-17H2,(H,29,33)(H,30,34)(H,31,32)/t18-,19-/m1/s1. The summed E-state index contributed by atoms with van der Waals surface area (Å²) in [4.78, 5) is 37.6. The minimum atomic E-state index is -1.00. The second-order valence-corrected chi connectivity index (χ2v) is 10.1. The number of carbonyl (C=O) groups excluding carboxylic acids is 2. The van der Waals surface area contributed by atoms with Crippen molar-refractivity contribution in [1.29, 1.82) is 0 Å². The number of carboxylic acid groups (broad SMARTS) is 1. The van der Waals surface area contributed by atoms with Crippen molar-refractivity contribution in [2.45, 2.75) is 68.9 Å². The van der Waals surface area contributed by atoms with Crippen LogP contribution in [0.25, 0.3) is 11.1 Å². The molecule has 0 aliphatic heterocycles. The van der Waals surface area contributed by atoms with E-state index >= 15 is 0 Å². The predicted octanol–water partition coefficient (Wildman–Crippen LogP) is 4.60. The monoisotopic (exact) mass is 476 g/mol. The average molecular weight is 477 g/mol. The second-order valence-electron chi connectivity index (χ2n) is 10.1. The molecule has 3 aliphatic rings. The number of benzene rings is 2. The summed E-state index contributed by atoms with van der Waals surface area (Å²) < 4.78 is 5.71. The number of hydrogen-bond donors (Lipinski definition) is 3. The predicted molar refractivity (Wildman–Crippen MR) is 131 cm³/mol. The van der Waals surface area contributed by atoms with Crippen molar-refractivity contribution in [1.82, 2.24) is 10.6 Å². The van der Waals surface area contributed by atoms with Gasteiger partial charge in [0.05, 0.1) is 5.92 Å². The lowest BCUT2D eigenvalue weighted by Crippen LogP contribution is -2.59. The van der Waals surface area contributed by atoms with E-state index in [-0.39, 0.29) is 24.5 Å². The number of hydrogen-bond acceptors (Lipinski definition) is 4. The van der Waals surface area contributed by atoms with Crippen LogP contribution in [0.15, 0.2) is 48.5 Å². The van der Waals surface area contributed by atoms with E-state index in [1.165, 1.54) is 0 Å². The second kappa shape index (κ2) is 9.72. The van der Waals surface area contributed by atoms with Crippen LogP contribution < -0.4 is 10.6 Å². The molecule has 0 radical (unpaired) electrons. The Hall–Kier alpha value is -3.35. The first-order valence-corrected chi connectivity index (χ1v) is 12.6. The first-order valence-electron chi connectivity index (χ1n) is 12.6. The fraction of sp³-hybridized carbons (Fsp3) is 0.464. The molecule has 3 aliphatic carbocycles. The summed E-state index contributed by atoms with van der Waals surface area (Å²) >= 11 is 0. The lowest BCUT2D eigenvalue weighted by molar-refractivity contribution is -0.143. The van der Waals surface area contributed by atoms with Gasteiger partial charge >= 0.3 is 12.1 Å². The molecule has 0 aromatic heterocycles. The molecule has 35 heavy (non-hydrogen) atoms. The van der Waals surface area contributed by atoms with Crippen molar-refractivity contribution in [3.05, 3.63) is 59.7 Å². The Balaban J connectivity index is 1.24. The summed E-state index contributed by atoms with van der Waals surface area (Å²) in [5, 5.41) is 15.3. The molecule has 7 nitrogen and oxygen atoms in total. The highest BCUT2D eigenvalue weighted by Crippen LogP contribution is 2.44. The van der Waals surface area contributed by atoms with Gasteiger partial charge in [0.25, 0.3) is 0 Å². The van der Waals surface area contributed by atoms with E-state index < -0.39 is 23.5 Å². The van der Waals surface area contributed by atoms with E-state index in [4.69, 9.17) is 4.74 Å². The van der Waals surface area contributed by atoms with Gasteiger partial charge in [0.2, 0.25) is 5.91 Å². The third-order valence-electron chi connectivity index (χ3n) is 7.94. The SMILES string of the molecule is O=C(NC1(C(=O)N[C@@H]2CCC[C@@H](C(=O)O)C2)CCCC1)OCC1c2ccccc2-c2ccccc21. The number of rotatable bonds is 6. The smallest absolute Gasteiger partial charge is 0.408 e. The summed E-state index contributed by atoms with van der Waals surface area (Å²) in [5.41, 5.74) is 3.60. The maximum atomic E-state index is 13.3. The molecule has 2 aromatic rings. The summed E-state index contributed by atoms with van der Waals surface area (Å²) in [5.74, 6) is -1.50. The highest BCUT2D eigenvalue weighted by molar-refractivity contribution is 5.90. The van der Waals surface area contributed by atoms with Crippen LogP contribution >= 0.6 is 0 Å². The normalized spacial score (nSPS) is 22.6. The molecule has 2 amide bonds. The lowest BCUT2D eigenvalue weighted by Gasteiger charge is -2.33. The topological polar surface area (TPSA) is 105 Å². The molecule has 0 bridgehead atoms. The van der Waals surface area contributed by atoms with Gasteiger partial charge in [-0.1, -0.05) is 67.8 Å². The number of aliphatic carboxylic acids is 1. The fourth-order valence-corrected chi connectivity index (χ4v) is 6.09. The van der Waals surface area contributed by atoms with E-state index in [1.807, 2.05) is 24.3 Å². The van der Waals surface area contributed by atoms with Gasteiger partial charge in [-0.05, 0) is 54.4 Å². The Morgan fingerprint density at radius 3 is 2.17 bits per heavy atom. The van der Waals surface area contributed by atoms with Crippen molar-refractivity contribution in [3.8, 4) is 11.1 Å². The zero-order chi connectivity index (χ0) is 24.4. The minimum absolute atomic E-state index is 0.0447. The number of amides is 2. The van der Waals surface area contributed by atoms with Crippen LogP contribution in [0, 0.1) is 5.92 Å². The van der Waals surface area contributed by atoms with Gasteiger partial charge in [-0.3, -0.25) is 9.59 Å². The van der Waals surface area contributed by atoms with Crippen LogP contribution in [0.1, 0.15) is 68.4 Å². The highest BCUT2D eigenvalue weighted by Gasteiger charge is 2.44. The van der Waals surface area contributed by atoms with Crippen LogP contribution in [0.2, 0.25) is 0 Å². The molecule has 7 heteroatoms. The number of alkyl carbamates (subject to hydrolysis) is 1. The summed E-state index contributed by atoms with van der Waals surface area (Å²) in [6.07, 6.45) is 4.82. The Bertz CT molecular complexity index is 1080. The molecule has 5 rings (SSSR count). The Labute approximate surface area is 205 Å². The first kappa shape index (κ1) is 23.4. The molecule has 0 saturated heterocycles. The molecule has 2 fully saturated rings. The van der Waals surface area contributed by atoms with Gasteiger partial charge in [0.15, 0.2) is 0 Å². The van der Waals surface area contributed by atoms with Crippen LogP contribution in [0.4, 0.5) is 4.79 Å². The molecule has 0 unspecified atom stereocenters. The molecule has 3 N–H and O–H groups in total. The summed E-state index contributed by atoms with van der Waals surface area (Å²) in [6.45, 7) is 0.195. The highest BCUT2D eigenvalue weighted by atomic mass is 16.5. The zero-order valence-electron chi connectivity index (χ0n) is 19.8. The van der Waals surface area contributed by atoms with Crippen LogP contribution in [-0.4, -0.2) is 41.3 Å². The Kier molecular flexibility index (Phi) is 6.50. The molecule has 0 heterocycles. The van der Waals surface area contributed by atoms with Crippen molar-refractivity contribution in [3.63, 3.8) is 0 Å². The quantitative estimate of drug-likeness (QED) is 0.565.